The summed E-state index contributed by atoms with van der Waals surface area (Å²) in [5.41, 5.74) is 4.67. The molecule has 1 N–H and O–H groups in total. The van der Waals surface area contributed by atoms with Crippen molar-refractivity contribution in [3.63, 3.8) is 0 Å². The molecular formula is C27H32N4O2. The Hall–Kier alpha value is -3.41. The normalized spacial score (nSPS) is 13.4. The Morgan fingerprint density at radius 1 is 1.06 bits per heavy atom. The van der Waals surface area contributed by atoms with Crippen LogP contribution in [0.3, 0.4) is 0 Å². The predicted octanol–water partition coefficient (Wildman–Crippen LogP) is 5.13. The topological polar surface area (TPSA) is 67.2 Å². The first kappa shape index (κ1) is 22.8. The van der Waals surface area contributed by atoms with Crippen molar-refractivity contribution in [3.05, 3.63) is 65.9 Å². The van der Waals surface area contributed by atoms with Crippen LogP contribution in [0.15, 0.2) is 54.6 Å². The molecule has 0 spiro atoms. The van der Waals surface area contributed by atoms with Gasteiger partial charge in [-0.2, -0.15) is 5.10 Å². The van der Waals surface area contributed by atoms with Gasteiger partial charge in [0.1, 0.15) is 5.82 Å². The summed E-state index contributed by atoms with van der Waals surface area (Å²) in [6, 6.07) is 17.9. The molecule has 0 bridgehead atoms. The van der Waals surface area contributed by atoms with E-state index in [0.29, 0.717) is 12.4 Å². The Morgan fingerprint density at radius 2 is 1.76 bits per heavy atom. The van der Waals surface area contributed by atoms with Gasteiger partial charge in [0.15, 0.2) is 0 Å². The minimum atomic E-state index is -0.206. The number of anilines is 1. The molecule has 1 aliphatic carbocycles. The lowest BCUT2D eigenvalue weighted by atomic mass is 9.84. The Balaban J connectivity index is 1.68. The first-order valence-electron chi connectivity index (χ1n) is 11.8. The van der Waals surface area contributed by atoms with Crippen molar-refractivity contribution in [2.24, 2.45) is 5.92 Å². The zero-order valence-corrected chi connectivity index (χ0v) is 19.7. The van der Waals surface area contributed by atoms with Gasteiger partial charge in [0.25, 0.3) is 0 Å². The van der Waals surface area contributed by atoms with E-state index in [-0.39, 0.29) is 24.3 Å². The van der Waals surface area contributed by atoms with Crippen molar-refractivity contribution in [1.29, 1.82) is 0 Å². The van der Waals surface area contributed by atoms with E-state index in [1.165, 1.54) is 0 Å². The third-order valence-electron chi connectivity index (χ3n) is 6.32. The molecule has 1 saturated carbocycles. The quantitative estimate of drug-likeness (QED) is 0.524. The van der Waals surface area contributed by atoms with Crippen molar-refractivity contribution in [3.8, 4) is 16.8 Å². The van der Waals surface area contributed by atoms with Crippen LogP contribution in [0.25, 0.3) is 16.8 Å². The fourth-order valence-electron chi connectivity index (χ4n) is 4.36. The van der Waals surface area contributed by atoms with Gasteiger partial charge < -0.3 is 10.2 Å². The molecule has 1 aromatic heterocycles. The second kappa shape index (κ2) is 10.0. The van der Waals surface area contributed by atoms with Crippen molar-refractivity contribution in [2.75, 3.05) is 18.4 Å². The molecule has 1 fully saturated rings. The second-order valence-corrected chi connectivity index (χ2v) is 8.81. The molecular weight excluding hydrogens is 412 g/mol. The third kappa shape index (κ3) is 4.85. The molecule has 2 amide bonds. The fourth-order valence-corrected chi connectivity index (χ4v) is 4.36. The molecule has 0 radical (unpaired) electrons. The van der Waals surface area contributed by atoms with E-state index in [4.69, 9.17) is 5.10 Å². The SMILES string of the molecule is CCCN(CC(=O)Nc1c(-c2ccccc2)c(C)nn1-c1ccccc1C)C(=O)C1CCC1. The minimum absolute atomic E-state index is 0.0510. The largest absolute Gasteiger partial charge is 0.333 e. The maximum absolute atomic E-state index is 13.2. The van der Waals surface area contributed by atoms with Gasteiger partial charge in [-0.15, -0.1) is 0 Å². The van der Waals surface area contributed by atoms with Crippen LogP contribution >= 0.6 is 0 Å². The number of amides is 2. The first-order chi connectivity index (χ1) is 16.0. The van der Waals surface area contributed by atoms with E-state index in [2.05, 4.69) is 5.32 Å². The molecule has 1 heterocycles. The summed E-state index contributed by atoms with van der Waals surface area (Å²) in [7, 11) is 0. The van der Waals surface area contributed by atoms with E-state index in [1.807, 2.05) is 80.1 Å². The number of carbonyl (C=O) groups excluding carboxylic acids is 2. The van der Waals surface area contributed by atoms with Crippen LogP contribution in [-0.2, 0) is 9.59 Å². The molecule has 172 valence electrons. The monoisotopic (exact) mass is 444 g/mol. The Kier molecular flexibility index (Phi) is 6.92. The number of benzene rings is 2. The average Bonchev–Trinajstić information content (AvgIpc) is 3.08. The van der Waals surface area contributed by atoms with E-state index >= 15 is 0 Å². The van der Waals surface area contributed by atoms with E-state index in [1.54, 1.807) is 4.90 Å². The third-order valence-corrected chi connectivity index (χ3v) is 6.32. The smallest absolute Gasteiger partial charge is 0.245 e. The number of hydrogen-bond donors (Lipinski definition) is 1. The van der Waals surface area contributed by atoms with Crippen LogP contribution in [0.5, 0.6) is 0 Å². The van der Waals surface area contributed by atoms with Gasteiger partial charge in [0.2, 0.25) is 11.8 Å². The highest BCUT2D eigenvalue weighted by atomic mass is 16.2. The molecule has 4 rings (SSSR count). The van der Waals surface area contributed by atoms with E-state index < -0.39 is 0 Å². The van der Waals surface area contributed by atoms with Crippen LogP contribution in [0.2, 0.25) is 0 Å². The standard InChI is InChI=1S/C27H32N4O2/c1-4-17-30(27(33)22-14-10-15-22)18-24(32)28-26-25(21-12-6-5-7-13-21)20(3)29-31(26)23-16-9-8-11-19(23)2/h5-9,11-13,16,22H,4,10,14-15,17-18H2,1-3H3,(H,28,32). The summed E-state index contributed by atoms with van der Waals surface area (Å²) < 4.78 is 1.81. The van der Waals surface area contributed by atoms with Gasteiger partial charge in [-0.1, -0.05) is 61.9 Å². The van der Waals surface area contributed by atoms with Gasteiger partial charge in [0.05, 0.1) is 17.9 Å². The highest BCUT2D eigenvalue weighted by Gasteiger charge is 2.30. The van der Waals surface area contributed by atoms with Crippen LogP contribution in [-0.4, -0.2) is 39.6 Å². The van der Waals surface area contributed by atoms with Crippen molar-refractivity contribution in [2.45, 2.75) is 46.5 Å². The number of aryl methyl sites for hydroxylation is 2. The number of nitrogens with one attached hydrogen (secondary N) is 1. The number of rotatable bonds is 8. The summed E-state index contributed by atoms with van der Waals surface area (Å²) in [6.45, 7) is 6.65. The lowest BCUT2D eigenvalue weighted by Gasteiger charge is -2.31. The second-order valence-electron chi connectivity index (χ2n) is 8.81. The molecule has 3 aromatic rings. The Labute approximate surface area is 195 Å². The Bertz CT molecular complexity index is 1130. The lowest BCUT2D eigenvalue weighted by Crippen LogP contribution is -2.43. The van der Waals surface area contributed by atoms with Crippen LogP contribution < -0.4 is 5.32 Å². The van der Waals surface area contributed by atoms with Gasteiger partial charge in [-0.25, -0.2) is 4.68 Å². The van der Waals surface area contributed by atoms with E-state index in [9.17, 15) is 9.59 Å². The summed E-state index contributed by atoms with van der Waals surface area (Å²) >= 11 is 0. The van der Waals surface area contributed by atoms with Gasteiger partial charge >= 0.3 is 0 Å². The zero-order chi connectivity index (χ0) is 23.4. The number of nitrogens with zero attached hydrogens (tertiary/aromatic N) is 3. The number of hydrogen-bond acceptors (Lipinski definition) is 3. The van der Waals surface area contributed by atoms with Crippen molar-refractivity contribution < 1.29 is 9.59 Å². The molecule has 2 aromatic carbocycles. The average molecular weight is 445 g/mol. The summed E-state index contributed by atoms with van der Waals surface area (Å²) in [5, 5.41) is 7.90. The number of aromatic nitrogens is 2. The molecule has 6 heteroatoms. The molecule has 1 aliphatic rings. The highest BCUT2D eigenvalue weighted by molar-refractivity contribution is 5.98. The van der Waals surface area contributed by atoms with Crippen LogP contribution in [0.4, 0.5) is 5.82 Å². The minimum Gasteiger partial charge on any atom is -0.333 e. The predicted molar refractivity (Wildman–Crippen MR) is 131 cm³/mol. The summed E-state index contributed by atoms with van der Waals surface area (Å²) in [4.78, 5) is 27.8. The molecule has 0 aliphatic heterocycles. The Morgan fingerprint density at radius 3 is 2.39 bits per heavy atom. The molecule has 0 unspecified atom stereocenters. The molecule has 6 nitrogen and oxygen atoms in total. The van der Waals surface area contributed by atoms with Crippen molar-refractivity contribution >= 4 is 17.6 Å². The number of para-hydroxylation sites is 1. The first-order valence-corrected chi connectivity index (χ1v) is 11.8. The van der Waals surface area contributed by atoms with Gasteiger partial charge in [-0.3, -0.25) is 9.59 Å². The molecule has 0 saturated heterocycles. The highest BCUT2D eigenvalue weighted by Crippen LogP contribution is 2.34. The summed E-state index contributed by atoms with van der Waals surface area (Å²) in [5.74, 6) is 0.600. The van der Waals surface area contributed by atoms with Crippen LogP contribution in [0, 0.1) is 19.8 Å². The number of carbonyl (C=O) groups is 2. The van der Waals surface area contributed by atoms with E-state index in [0.717, 1.165) is 53.8 Å². The lowest BCUT2D eigenvalue weighted by molar-refractivity contribution is -0.140. The molecule has 33 heavy (non-hydrogen) atoms. The maximum Gasteiger partial charge on any atom is 0.245 e. The zero-order valence-electron chi connectivity index (χ0n) is 19.7. The summed E-state index contributed by atoms with van der Waals surface area (Å²) in [6.07, 6.45) is 3.77. The fraction of sp³-hybridized carbons (Fsp3) is 0.370. The maximum atomic E-state index is 13.2. The molecule has 0 atom stereocenters. The van der Waals surface area contributed by atoms with Gasteiger partial charge in [0, 0.05) is 18.0 Å². The van der Waals surface area contributed by atoms with Gasteiger partial charge in [-0.05, 0) is 50.3 Å². The van der Waals surface area contributed by atoms with Crippen LogP contribution in [0.1, 0.15) is 43.9 Å². The van der Waals surface area contributed by atoms with Crippen molar-refractivity contribution in [1.82, 2.24) is 14.7 Å².